The number of rotatable bonds is 6. The molecule has 0 saturated carbocycles. The second-order valence-electron chi connectivity index (χ2n) is 8.40. The molecule has 7 nitrogen and oxygen atoms in total. The van der Waals surface area contributed by atoms with Crippen LogP contribution in [0.5, 0.6) is 0 Å². The van der Waals surface area contributed by atoms with Crippen molar-refractivity contribution in [1.29, 1.82) is 0 Å². The molecule has 0 aromatic heterocycles. The van der Waals surface area contributed by atoms with E-state index in [1.807, 2.05) is 43.3 Å². The highest BCUT2D eigenvalue weighted by atomic mass is 16.5. The van der Waals surface area contributed by atoms with Crippen LogP contribution < -0.4 is 10.2 Å². The standard InChI is InChI=1S/C24H28N2O5/c1-15-12-19(10-11-27)31-24(15)20-13-18(25-22(29)16(2)28)8-9-21(20)26(23(24)30)14-17-6-4-3-5-7-17/h3-9,13,15-16,19,27-28H,10-12,14H2,1-2H3,(H,25,29)/t15-,16+,19+,24+/m1/s1. The molecule has 0 aliphatic carbocycles. The van der Waals surface area contributed by atoms with Crippen molar-refractivity contribution in [2.45, 2.75) is 51.0 Å². The Kier molecular flexibility index (Phi) is 5.83. The van der Waals surface area contributed by atoms with Crippen molar-refractivity contribution in [2.75, 3.05) is 16.8 Å². The molecule has 0 radical (unpaired) electrons. The monoisotopic (exact) mass is 424 g/mol. The van der Waals surface area contributed by atoms with Crippen LogP contribution in [0.4, 0.5) is 11.4 Å². The van der Waals surface area contributed by atoms with E-state index in [9.17, 15) is 19.8 Å². The molecule has 2 aromatic rings. The summed E-state index contributed by atoms with van der Waals surface area (Å²) in [5, 5.41) is 21.6. The van der Waals surface area contributed by atoms with Gasteiger partial charge in [0, 0.05) is 23.8 Å². The van der Waals surface area contributed by atoms with Gasteiger partial charge in [0.2, 0.25) is 0 Å². The molecule has 0 bridgehead atoms. The summed E-state index contributed by atoms with van der Waals surface area (Å²) in [6, 6.07) is 15.1. The molecule has 7 heteroatoms. The molecule has 1 fully saturated rings. The van der Waals surface area contributed by atoms with Gasteiger partial charge >= 0.3 is 0 Å². The molecular weight excluding hydrogens is 396 g/mol. The Morgan fingerprint density at radius 1 is 1.29 bits per heavy atom. The predicted octanol–water partition coefficient (Wildman–Crippen LogP) is 2.56. The van der Waals surface area contributed by atoms with E-state index in [2.05, 4.69) is 5.32 Å². The molecule has 0 unspecified atom stereocenters. The number of carbonyl (C=O) groups excluding carboxylic acids is 2. The first-order chi connectivity index (χ1) is 14.9. The predicted molar refractivity (Wildman–Crippen MR) is 116 cm³/mol. The van der Waals surface area contributed by atoms with Crippen LogP contribution in [0.2, 0.25) is 0 Å². The minimum absolute atomic E-state index is 0.00721. The van der Waals surface area contributed by atoms with Crippen LogP contribution in [0, 0.1) is 5.92 Å². The number of ether oxygens (including phenoxy) is 1. The van der Waals surface area contributed by atoms with Crippen molar-refractivity contribution in [3.63, 3.8) is 0 Å². The Hall–Kier alpha value is -2.74. The van der Waals surface area contributed by atoms with Crippen molar-refractivity contribution in [2.24, 2.45) is 5.92 Å². The molecule has 2 aliphatic heterocycles. The van der Waals surface area contributed by atoms with Gasteiger partial charge in [-0.1, -0.05) is 37.3 Å². The first-order valence-corrected chi connectivity index (χ1v) is 10.6. The van der Waals surface area contributed by atoms with E-state index in [4.69, 9.17) is 4.74 Å². The topological polar surface area (TPSA) is 99.1 Å². The zero-order valence-electron chi connectivity index (χ0n) is 17.7. The molecule has 164 valence electrons. The van der Waals surface area contributed by atoms with Gasteiger partial charge in [-0.3, -0.25) is 9.59 Å². The minimum Gasteiger partial charge on any atom is -0.396 e. The summed E-state index contributed by atoms with van der Waals surface area (Å²) in [6.07, 6.45) is -0.237. The quantitative estimate of drug-likeness (QED) is 0.662. The zero-order chi connectivity index (χ0) is 22.2. The molecule has 2 aromatic carbocycles. The first-order valence-electron chi connectivity index (χ1n) is 10.6. The lowest BCUT2D eigenvalue weighted by Gasteiger charge is -2.28. The number of amides is 2. The first kappa shape index (κ1) is 21.5. The highest BCUT2D eigenvalue weighted by Gasteiger charge is 2.60. The summed E-state index contributed by atoms with van der Waals surface area (Å²) in [5.41, 5.74) is 1.81. The SMILES string of the molecule is C[C@H](O)C(=O)Nc1ccc2c(c1)[C@]1(O[C@@H](CCO)C[C@H]1C)C(=O)N2Cc1ccccc1. The molecular formula is C24H28N2O5. The van der Waals surface area contributed by atoms with Gasteiger partial charge < -0.3 is 25.2 Å². The van der Waals surface area contributed by atoms with Gasteiger partial charge in [-0.15, -0.1) is 0 Å². The number of carbonyl (C=O) groups is 2. The number of hydrogen-bond acceptors (Lipinski definition) is 5. The van der Waals surface area contributed by atoms with Crippen LogP contribution in [0.15, 0.2) is 48.5 Å². The number of nitrogens with one attached hydrogen (secondary N) is 1. The number of fused-ring (bicyclic) bond motifs is 2. The summed E-state index contributed by atoms with van der Waals surface area (Å²) in [7, 11) is 0. The third-order valence-electron chi connectivity index (χ3n) is 6.19. The van der Waals surface area contributed by atoms with Crippen LogP contribution in [0.25, 0.3) is 0 Å². The summed E-state index contributed by atoms with van der Waals surface area (Å²) >= 11 is 0. The number of hydrogen-bond donors (Lipinski definition) is 3. The van der Waals surface area contributed by atoms with Crippen molar-refractivity contribution in [3.05, 3.63) is 59.7 Å². The lowest BCUT2D eigenvalue weighted by atomic mass is 9.82. The average molecular weight is 424 g/mol. The van der Waals surface area contributed by atoms with Crippen LogP contribution in [-0.2, 0) is 26.5 Å². The molecule has 1 spiro atoms. The molecule has 4 atom stereocenters. The van der Waals surface area contributed by atoms with Crippen molar-refractivity contribution >= 4 is 23.2 Å². The molecule has 2 aliphatic rings. The van der Waals surface area contributed by atoms with Crippen LogP contribution in [0.1, 0.15) is 37.8 Å². The molecule has 1 saturated heterocycles. The third kappa shape index (κ3) is 3.73. The van der Waals surface area contributed by atoms with Gasteiger partial charge in [0.25, 0.3) is 11.8 Å². The summed E-state index contributed by atoms with van der Waals surface area (Å²) < 4.78 is 6.36. The Labute approximate surface area is 181 Å². The average Bonchev–Trinajstić information content (AvgIpc) is 3.19. The van der Waals surface area contributed by atoms with Crippen LogP contribution in [-0.4, -0.2) is 40.8 Å². The van der Waals surface area contributed by atoms with E-state index >= 15 is 0 Å². The van der Waals surface area contributed by atoms with Gasteiger partial charge in [0.05, 0.1) is 18.3 Å². The second-order valence-corrected chi connectivity index (χ2v) is 8.40. The Morgan fingerprint density at radius 3 is 2.71 bits per heavy atom. The summed E-state index contributed by atoms with van der Waals surface area (Å²) in [5.74, 6) is -0.741. The smallest absolute Gasteiger partial charge is 0.264 e. The maximum Gasteiger partial charge on any atom is 0.264 e. The highest BCUT2D eigenvalue weighted by Crippen LogP contribution is 2.54. The van der Waals surface area contributed by atoms with E-state index in [0.717, 1.165) is 11.3 Å². The van der Waals surface area contributed by atoms with Crippen molar-refractivity contribution in [1.82, 2.24) is 0 Å². The second kappa shape index (κ2) is 8.42. The lowest BCUT2D eigenvalue weighted by molar-refractivity contribution is -0.146. The van der Waals surface area contributed by atoms with E-state index < -0.39 is 17.6 Å². The third-order valence-corrected chi connectivity index (χ3v) is 6.19. The lowest BCUT2D eigenvalue weighted by Crippen LogP contribution is -2.43. The van der Waals surface area contributed by atoms with Gasteiger partial charge in [-0.2, -0.15) is 0 Å². The normalized spacial score (nSPS) is 25.7. The maximum absolute atomic E-state index is 13.8. The number of aliphatic hydroxyl groups is 2. The van der Waals surface area contributed by atoms with Crippen LogP contribution in [0.3, 0.4) is 0 Å². The van der Waals surface area contributed by atoms with E-state index in [0.29, 0.717) is 30.6 Å². The van der Waals surface area contributed by atoms with Crippen LogP contribution >= 0.6 is 0 Å². The molecule has 2 amide bonds. The highest BCUT2D eigenvalue weighted by molar-refractivity contribution is 6.08. The van der Waals surface area contributed by atoms with Crippen molar-refractivity contribution < 1.29 is 24.5 Å². The number of aliphatic hydroxyl groups excluding tert-OH is 2. The Morgan fingerprint density at radius 2 is 2.03 bits per heavy atom. The van der Waals surface area contributed by atoms with Gasteiger partial charge in [0.15, 0.2) is 5.60 Å². The van der Waals surface area contributed by atoms with E-state index in [1.54, 1.807) is 17.0 Å². The molecule has 4 rings (SSSR count). The molecule has 3 N–H and O–H groups in total. The Balaban J connectivity index is 1.76. The summed E-state index contributed by atoms with van der Waals surface area (Å²) in [4.78, 5) is 27.5. The van der Waals surface area contributed by atoms with Gasteiger partial charge in [-0.25, -0.2) is 0 Å². The molecule has 2 heterocycles. The van der Waals surface area contributed by atoms with Gasteiger partial charge in [-0.05, 0) is 43.5 Å². The van der Waals surface area contributed by atoms with E-state index in [1.165, 1.54) is 6.92 Å². The number of nitrogens with zero attached hydrogens (tertiary/aromatic N) is 1. The fraction of sp³-hybridized carbons (Fsp3) is 0.417. The zero-order valence-corrected chi connectivity index (χ0v) is 17.7. The Bertz CT molecular complexity index is 977. The summed E-state index contributed by atoms with van der Waals surface area (Å²) in [6.45, 7) is 3.80. The van der Waals surface area contributed by atoms with Crippen molar-refractivity contribution in [3.8, 4) is 0 Å². The van der Waals surface area contributed by atoms with E-state index in [-0.39, 0.29) is 24.5 Å². The molecule has 31 heavy (non-hydrogen) atoms. The number of benzene rings is 2. The van der Waals surface area contributed by atoms with Gasteiger partial charge in [0.1, 0.15) is 6.10 Å². The largest absolute Gasteiger partial charge is 0.396 e. The fourth-order valence-electron chi connectivity index (χ4n) is 4.64. The fourth-order valence-corrected chi connectivity index (χ4v) is 4.64. The maximum atomic E-state index is 13.8. The minimum atomic E-state index is -1.16. The number of anilines is 2.